The maximum absolute atomic E-state index is 10.5. The zero-order valence-corrected chi connectivity index (χ0v) is 8.94. The third-order valence-electron chi connectivity index (χ3n) is 2.23. The summed E-state index contributed by atoms with van der Waals surface area (Å²) in [5, 5.41) is 0. The molecule has 78 valence electrons. The maximum atomic E-state index is 10.5. The molecule has 0 aromatic heterocycles. The van der Waals surface area contributed by atoms with Crippen LogP contribution in [-0.2, 0) is 4.79 Å². The van der Waals surface area contributed by atoms with E-state index >= 15 is 0 Å². The predicted octanol–water partition coefficient (Wildman–Crippen LogP) is 0.893. The molecule has 2 heterocycles. The lowest BCUT2D eigenvalue weighted by molar-refractivity contribution is -0.115. The Bertz CT molecular complexity index is 238. The van der Waals surface area contributed by atoms with Crippen molar-refractivity contribution in [2.45, 2.75) is 6.42 Å². The highest BCUT2D eigenvalue weighted by molar-refractivity contribution is 5.90. The Balaban J connectivity index is 0.000000146. The van der Waals surface area contributed by atoms with Crippen molar-refractivity contribution in [3.05, 3.63) is 24.4 Å². The summed E-state index contributed by atoms with van der Waals surface area (Å²) in [6, 6.07) is 0. The minimum Gasteiger partial charge on any atom is -0.380 e. The summed E-state index contributed by atoms with van der Waals surface area (Å²) < 4.78 is 0. The first-order chi connectivity index (χ1) is 6.68. The van der Waals surface area contributed by atoms with Crippen LogP contribution in [0.25, 0.3) is 0 Å². The highest BCUT2D eigenvalue weighted by Gasteiger charge is 2.03. The molecule has 0 N–H and O–H groups in total. The van der Waals surface area contributed by atoms with Gasteiger partial charge in [0, 0.05) is 39.3 Å². The summed E-state index contributed by atoms with van der Waals surface area (Å²) in [5.74, 6) is 0.239. The van der Waals surface area contributed by atoms with E-state index in [4.69, 9.17) is 0 Å². The first-order valence-electron chi connectivity index (χ1n) is 4.93. The van der Waals surface area contributed by atoms with Crippen LogP contribution in [0.15, 0.2) is 24.4 Å². The third-order valence-corrected chi connectivity index (χ3v) is 2.23. The van der Waals surface area contributed by atoms with Gasteiger partial charge in [-0.1, -0.05) is 12.2 Å². The molecule has 0 fully saturated rings. The lowest BCUT2D eigenvalue weighted by Crippen LogP contribution is -2.19. The van der Waals surface area contributed by atoms with Crippen molar-refractivity contribution in [3.63, 3.8) is 0 Å². The molecule has 2 aliphatic heterocycles. The van der Waals surface area contributed by atoms with Crippen LogP contribution in [0.5, 0.6) is 0 Å². The van der Waals surface area contributed by atoms with Crippen molar-refractivity contribution < 1.29 is 4.79 Å². The van der Waals surface area contributed by atoms with Gasteiger partial charge in [-0.25, -0.2) is 0 Å². The van der Waals surface area contributed by atoms with E-state index in [1.807, 2.05) is 18.1 Å². The summed E-state index contributed by atoms with van der Waals surface area (Å²) in [4.78, 5) is 14.7. The van der Waals surface area contributed by atoms with Crippen LogP contribution < -0.4 is 0 Å². The number of hydrogen-bond acceptors (Lipinski definition) is 3. The van der Waals surface area contributed by atoms with Gasteiger partial charge in [-0.15, -0.1) is 0 Å². The molecule has 14 heavy (non-hydrogen) atoms. The molecule has 0 amide bonds. The van der Waals surface area contributed by atoms with Crippen molar-refractivity contribution >= 4 is 5.78 Å². The van der Waals surface area contributed by atoms with Crippen molar-refractivity contribution in [2.24, 2.45) is 0 Å². The summed E-state index contributed by atoms with van der Waals surface area (Å²) in [6.07, 6.45) is 8.46. The van der Waals surface area contributed by atoms with Crippen LogP contribution in [0.2, 0.25) is 0 Å². The smallest absolute Gasteiger partial charge is 0.158 e. The molecule has 3 nitrogen and oxygen atoms in total. The molecule has 0 bridgehead atoms. The minimum atomic E-state index is 0.239. The largest absolute Gasteiger partial charge is 0.380 e. The van der Waals surface area contributed by atoms with Crippen molar-refractivity contribution in [2.75, 3.05) is 33.7 Å². The van der Waals surface area contributed by atoms with Gasteiger partial charge in [-0.2, -0.15) is 0 Å². The highest BCUT2D eigenvalue weighted by Crippen LogP contribution is 1.97. The number of nitrogens with zero attached hydrogens (tertiary/aromatic N) is 2. The van der Waals surface area contributed by atoms with Crippen LogP contribution in [0, 0.1) is 0 Å². The van der Waals surface area contributed by atoms with Crippen LogP contribution in [0.1, 0.15) is 6.42 Å². The number of carbonyl (C=O) groups excluding carboxylic acids is 1. The first kappa shape index (κ1) is 11.0. The van der Waals surface area contributed by atoms with Gasteiger partial charge in [-0.05, 0) is 13.1 Å². The Labute approximate surface area is 85.7 Å². The molecule has 3 heteroatoms. The number of carbonyl (C=O) groups is 1. The van der Waals surface area contributed by atoms with Gasteiger partial charge in [0.2, 0.25) is 0 Å². The monoisotopic (exact) mass is 194 g/mol. The fourth-order valence-electron chi connectivity index (χ4n) is 1.24. The summed E-state index contributed by atoms with van der Waals surface area (Å²) in [6.45, 7) is 3.15. The summed E-state index contributed by atoms with van der Waals surface area (Å²) in [7, 11) is 4.07. The number of allylic oxidation sites excluding steroid dienone is 1. The van der Waals surface area contributed by atoms with E-state index in [0.29, 0.717) is 6.42 Å². The van der Waals surface area contributed by atoms with Gasteiger partial charge < -0.3 is 4.90 Å². The third kappa shape index (κ3) is 4.23. The van der Waals surface area contributed by atoms with E-state index in [1.54, 1.807) is 6.08 Å². The Kier molecular flexibility index (Phi) is 4.40. The molecular formula is C11H18N2O. The molecule has 0 atom stereocenters. The number of hydrogen-bond donors (Lipinski definition) is 0. The Hall–Kier alpha value is -1.09. The average molecular weight is 194 g/mol. The molecular weight excluding hydrogens is 176 g/mol. The molecule has 0 radical (unpaired) electrons. The standard InChI is InChI=1S/C6H9NO.C5H9N/c1-7-4-2-6(8)3-5-7;1-6-4-2-3-5-6/h2,4H,3,5H2,1H3;2-3H,4-5H2,1H3. The van der Waals surface area contributed by atoms with Crippen LogP contribution >= 0.6 is 0 Å². The molecule has 2 rings (SSSR count). The van der Waals surface area contributed by atoms with Crippen LogP contribution in [-0.4, -0.2) is 49.3 Å². The molecule has 0 saturated carbocycles. The quantitative estimate of drug-likeness (QED) is 0.535. The van der Waals surface area contributed by atoms with E-state index in [1.165, 1.54) is 0 Å². The molecule has 0 saturated heterocycles. The van der Waals surface area contributed by atoms with Crippen molar-refractivity contribution in [1.29, 1.82) is 0 Å². The first-order valence-corrected chi connectivity index (χ1v) is 4.93. The Morgan fingerprint density at radius 2 is 1.86 bits per heavy atom. The normalized spacial score (nSPS) is 21.0. The zero-order valence-electron chi connectivity index (χ0n) is 8.94. The van der Waals surface area contributed by atoms with Gasteiger partial charge >= 0.3 is 0 Å². The van der Waals surface area contributed by atoms with Gasteiger partial charge in [-0.3, -0.25) is 9.69 Å². The van der Waals surface area contributed by atoms with E-state index in [9.17, 15) is 4.79 Å². The fourth-order valence-corrected chi connectivity index (χ4v) is 1.24. The van der Waals surface area contributed by atoms with Crippen LogP contribution in [0.4, 0.5) is 0 Å². The molecule has 2 aliphatic rings. The highest BCUT2D eigenvalue weighted by atomic mass is 16.1. The Morgan fingerprint density at radius 1 is 1.21 bits per heavy atom. The topological polar surface area (TPSA) is 23.6 Å². The summed E-state index contributed by atoms with van der Waals surface area (Å²) in [5.41, 5.74) is 0. The van der Waals surface area contributed by atoms with Gasteiger partial charge in [0.15, 0.2) is 5.78 Å². The molecule has 0 spiro atoms. The summed E-state index contributed by atoms with van der Waals surface area (Å²) >= 11 is 0. The number of ketones is 1. The molecule has 0 aromatic carbocycles. The van der Waals surface area contributed by atoms with E-state index in [0.717, 1.165) is 19.6 Å². The van der Waals surface area contributed by atoms with Crippen molar-refractivity contribution in [1.82, 2.24) is 9.80 Å². The van der Waals surface area contributed by atoms with Gasteiger partial charge in [0.1, 0.15) is 0 Å². The van der Waals surface area contributed by atoms with Gasteiger partial charge in [0.05, 0.1) is 0 Å². The molecule has 0 aromatic rings. The number of likely N-dealkylation sites (N-methyl/N-ethyl adjacent to an activating group) is 1. The molecule has 0 unspecified atom stereocenters. The second-order valence-corrected chi connectivity index (χ2v) is 3.71. The number of rotatable bonds is 0. The van der Waals surface area contributed by atoms with E-state index < -0.39 is 0 Å². The fraction of sp³-hybridized carbons (Fsp3) is 0.545. The second-order valence-electron chi connectivity index (χ2n) is 3.71. The lowest BCUT2D eigenvalue weighted by atomic mass is 10.2. The van der Waals surface area contributed by atoms with Crippen LogP contribution in [0.3, 0.4) is 0 Å². The lowest BCUT2D eigenvalue weighted by Gasteiger charge is -2.15. The van der Waals surface area contributed by atoms with E-state index in [-0.39, 0.29) is 5.78 Å². The second kappa shape index (κ2) is 5.60. The van der Waals surface area contributed by atoms with Gasteiger partial charge in [0.25, 0.3) is 0 Å². The molecule has 0 aliphatic carbocycles. The van der Waals surface area contributed by atoms with Crippen molar-refractivity contribution in [3.8, 4) is 0 Å². The zero-order chi connectivity index (χ0) is 10.4. The minimum absolute atomic E-state index is 0.239. The maximum Gasteiger partial charge on any atom is 0.158 e. The van der Waals surface area contributed by atoms with E-state index in [2.05, 4.69) is 24.1 Å². The predicted molar refractivity (Wildman–Crippen MR) is 58.0 cm³/mol. The Morgan fingerprint density at radius 3 is 2.14 bits per heavy atom. The average Bonchev–Trinajstić information content (AvgIpc) is 2.63. The SMILES string of the molecule is CN1C=CC(=O)CC1.CN1CC=CC1.